The lowest BCUT2D eigenvalue weighted by atomic mass is 9.73. The van der Waals surface area contributed by atoms with Gasteiger partial charge in [0, 0.05) is 30.4 Å². The van der Waals surface area contributed by atoms with E-state index in [2.05, 4.69) is 4.98 Å². The van der Waals surface area contributed by atoms with E-state index in [0.717, 1.165) is 17.8 Å². The highest BCUT2D eigenvalue weighted by molar-refractivity contribution is 5.95. The summed E-state index contributed by atoms with van der Waals surface area (Å²) in [6.07, 6.45) is -3.05. The van der Waals surface area contributed by atoms with Crippen LogP contribution < -0.4 is 0 Å². The van der Waals surface area contributed by atoms with Gasteiger partial charge in [0.15, 0.2) is 0 Å². The minimum absolute atomic E-state index is 0.214. The molecule has 1 fully saturated rings. The first-order valence-electron chi connectivity index (χ1n) is 10.4. The summed E-state index contributed by atoms with van der Waals surface area (Å²) in [4.78, 5) is 30.6. The number of nitrogens with zero attached hydrogens (tertiary/aromatic N) is 2. The number of pyridine rings is 1. The van der Waals surface area contributed by atoms with Gasteiger partial charge in [0.25, 0.3) is 5.91 Å². The Balaban J connectivity index is 1.46. The van der Waals surface area contributed by atoms with E-state index in [-0.39, 0.29) is 5.91 Å². The van der Waals surface area contributed by atoms with Crippen molar-refractivity contribution in [3.8, 4) is 11.3 Å². The summed E-state index contributed by atoms with van der Waals surface area (Å²) in [5.41, 5.74) is 0.278. The first kappa shape index (κ1) is 22.5. The molecule has 1 aliphatic heterocycles. The Morgan fingerprint density at radius 2 is 1.55 bits per heavy atom. The molecule has 1 saturated heterocycles. The Morgan fingerprint density at radius 1 is 0.909 bits per heavy atom. The molecule has 170 valence electrons. The maximum atomic E-state index is 13.0. The number of alkyl halides is 3. The van der Waals surface area contributed by atoms with Crippen LogP contribution in [0.2, 0.25) is 0 Å². The third-order valence-electron chi connectivity index (χ3n) is 6.16. The van der Waals surface area contributed by atoms with E-state index >= 15 is 0 Å². The standard InChI is InChI=1S/C25H21F3N2O3/c26-25(27,28)20-10-11-21(29-16-20)17-6-8-18(9-7-17)22(31)30-14-12-24(13-15-30,23(32)33)19-4-2-1-3-5-19/h1-11,16H,12-15H2,(H,32,33). The highest BCUT2D eigenvalue weighted by Gasteiger charge is 2.43. The smallest absolute Gasteiger partial charge is 0.417 e. The summed E-state index contributed by atoms with van der Waals surface area (Å²) < 4.78 is 38.1. The number of aliphatic carboxylic acids is 1. The summed E-state index contributed by atoms with van der Waals surface area (Å²) >= 11 is 0. The predicted molar refractivity (Wildman–Crippen MR) is 116 cm³/mol. The molecule has 2 aromatic carbocycles. The number of amides is 1. The van der Waals surface area contributed by atoms with E-state index in [1.54, 1.807) is 41.3 Å². The molecular weight excluding hydrogens is 433 g/mol. The molecule has 4 rings (SSSR count). The average Bonchev–Trinajstić information content (AvgIpc) is 2.84. The number of carbonyl (C=O) groups excluding carboxylic acids is 1. The van der Waals surface area contributed by atoms with Crippen LogP contribution in [0.25, 0.3) is 11.3 Å². The molecule has 1 amide bonds. The van der Waals surface area contributed by atoms with E-state index in [4.69, 9.17) is 0 Å². The van der Waals surface area contributed by atoms with Crippen molar-refractivity contribution in [3.63, 3.8) is 0 Å². The molecule has 0 saturated carbocycles. The molecule has 3 aromatic rings. The van der Waals surface area contributed by atoms with Crippen LogP contribution in [-0.4, -0.2) is 40.0 Å². The zero-order chi connectivity index (χ0) is 23.6. The number of likely N-dealkylation sites (tertiary alicyclic amines) is 1. The lowest BCUT2D eigenvalue weighted by Crippen LogP contribution is -2.49. The maximum Gasteiger partial charge on any atom is 0.417 e. The number of hydrogen-bond donors (Lipinski definition) is 1. The minimum atomic E-state index is -4.45. The second kappa shape index (κ2) is 8.69. The van der Waals surface area contributed by atoms with Gasteiger partial charge in [0.1, 0.15) is 0 Å². The van der Waals surface area contributed by atoms with Crippen molar-refractivity contribution in [1.82, 2.24) is 9.88 Å². The van der Waals surface area contributed by atoms with Crippen LogP contribution in [0, 0.1) is 0 Å². The van der Waals surface area contributed by atoms with Crippen molar-refractivity contribution in [2.75, 3.05) is 13.1 Å². The fraction of sp³-hybridized carbons (Fsp3) is 0.240. The fourth-order valence-electron chi connectivity index (χ4n) is 4.17. The molecule has 5 nitrogen and oxygen atoms in total. The molecule has 0 unspecified atom stereocenters. The van der Waals surface area contributed by atoms with E-state index in [9.17, 15) is 27.9 Å². The van der Waals surface area contributed by atoms with Crippen LogP contribution in [0.3, 0.4) is 0 Å². The van der Waals surface area contributed by atoms with Crippen LogP contribution in [0.15, 0.2) is 72.9 Å². The van der Waals surface area contributed by atoms with Crippen LogP contribution in [-0.2, 0) is 16.4 Å². The predicted octanol–water partition coefficient (Wildman–Crippen LogP) is 5.03. The van der Waals surface area contributed by atoms with Crippen molar-refractivity contribution < 1.29 is 27.9 Å². The van der Waals surface area contributed by atoms with Gasteiger partial charge in [-0.2, -0.15) is 13.2 Å². The Kier molecular flexibility index (Phi) is 5.93. The molecule has 33 heavy (non-hydrogen) atoms. The topological polar surface area (TPSA) is 70.5 Å². The van der Waals surface area contributed by atoms with Gasteiger partial charge < -0.3 is 10.0 Å². The van der Waals surface area contributed by atoms with Crippen molar-refractivity contribution in [2.24, 2.45) is 0 Å². The highest BCUT2D eigenvalue weighted by Crippen LogP contribution is 2.36. The number of carboxylic acids is 1. The second-order valence-corrected chi connectivity index (χ2v) is 8.05. The summed E-state index contributed by atoms with van der Waals surface area (Å²) in [5.74, 6) is -1.11. The van der Waals surface area contributed by atoms with E-state index in [1.165, 1.54) is 6.07 Å². The fourth-order valence-corrected chi connectivity index (χ4v) is 4.17. The Morgan fingerprint density at radius 3 is 2.06 bits per heavy atom. The Bertz CT molecular complexity index is 1140. The maximum absolute atomic E-state index is 13.0. The zero-order valence-electron chi connectivity index (χ0n) is 17.5. The number of aromatic nitrogens is 1. The molecule has 0 aliphatic carbocycles. The highest BCUT2D eigenvalue weighted by atomic mass is 19.4. The number of carbonyl (C=O) groups is 2. The van der Waals surface area contributed by atoms with Gasteiger partial charge in [-0.1, -0.05) is 42.5 Å². The average molecular weight is 454 g/mol. The number of benzene rings is 2. The molecule has 2 heterocycles. The van der Waals surface area contributed by atoms with Gasteiger partial charge in [-0.15, -0.1) is 0 Å². The normalized spacial score (nSPS) is 15.8. The van der Waals surface area contributed by atoms with Gasteiger partial charge in [-0.05, 0) is 42.7 Å². The largest absolute Gasteiger partial charge is 0.481 e. The van der Waals surface area contributed by atoms with E-state index < -0.39 is 23.1 Å². The molecule has 0 radical (unpaired) electrons. The van der Waals surface area contributed by atoms with E-state index in [1.807, 2.05) is 18.2 Å². The quantitative estimate of drug-likeness (QED) is 0.601. The van der Waals surface area contributed by atoms with Crippen molar-refractivity contribution in [1.29, 1.82) is 0 Å². The molecular formula is C25H21F3N2O3. The van der Waals surface area contributed by atoms with Gasteiger partial charge in [-0.3, -0.25) is 14.6 Å². The van der Waals surface area contributed by atoms with Crippen molar-refractivity contribution >= 4 is 11.9 Å². The summed E-state index contributed by atoms with van der Waals surface area (Å²) in [6, 6.07) is 17.8. The molecule has 1 N–H and O–H groups in total. The third-order valence-corrected chi connectivity index (χ3v) is 6.16. The number of rotatable bonds is 4. The molecule has 1 aliphatic rings. The number of halogens is 3. The first-order valence-corrected chi connectivity index (χ1v) is 10.4. The Hall–Kier alpha value is -3.68. The molecule has 1 aromatic heterocycles. The number of carboxylic acid groups (broad SMARTS) is 1. The zero-order valence-corrected chi connectivity index (χ0v) is 17.5. The van der Waals surface area contributed by atoms with Gasteiger partial charge in [0.2, 0.25) is 0 Å². The second-order valence-electron chi connectivity index (χ2n) is 8.05. The van der Waals surface area contributed by atoms with Crippen molar-refractivity contribution in [3.05, 3.63) is 89.6 Å². The lowest BCUT2D eigenvalue weighted by Gasteiger charge is -2.39. The van der Waals surface area contributed by atoms with Crippen LogP contribution in [0.1, 0.15) is 34.3 Å². The minimum Gasteiger partial charge on any atom is -0.481 e. The molecule has 0 atom stereocenters. The number of piperidine rings is 1. The summed E-state index contributed by atoms with van der Waals surface area (Å²) in [7, 11) is 0. The third kappa shape index (κ3) is 4.46. The van der Waals surface area contributed by atoms with Crippen LogP contribution in [0.4, 0.5) is 13.2 Å². The van der Waals surface area contributed by atoms with Crippen molar-refractivity contribution in [2.45, 2.75) is 24.4 Å². The summed E-state index contributed by atoms with van der Waals surface area (Å²) in [6.45, 7) is 0.616. The van der Waals surface area contributed by atoms with E-state index in [0.29, 0.717) is 42.8 Å². The van der Waals surface area contributed by atoms with Gasteiger partial charge in [0.05, 0.1) is 16.7 Å². The monoisotopic (exact) mass is 454 g/mol. The van der Waals surface area contributed by atoms with Gasteiger partial charge in [-0.25, -0.2) is 0 Å². The van der Waals surface area contributed by atoms with Crippen LogP contribution in [0.5, 0.6) is 0 Å². The molecule has 8 heteroatoms. The Labute approximate surface area is 188 Å². The van der Waals surface area contributed by atoms with Gasteiger partial charge >= 0.3 is 12.1 Å². The lowest BCUT2D eigenvalue weighted by molar-refractivity contribution is -0.145. The molecule has 0 spiro atoms. The number of hydrogen-bond acceptors (Lipinski definition) is 3. The summed E-state index contributed by atoms with van der Waals surface area (Å²) in [5, 5.41) is 9.91. The van der Waals surface area contributed by atoms with Crippen LogP contribution >= 0.6 is 0 Å². The molecule has 0 bridgehead atoms. The first-order chi connectivity index (χ1) is 15.7. The SMILES string of the molecule is O=C(c1ccc(-c2ccc(C(F)(F)F)cn2)cc1)N1CCC(C(=O)O)(c2ccccc2)CC1.